The molecule has 4 N–H and O–H groups in total. The lowest BCUT2D eigenvalue weighted by atomic mass is 10.1. The van der Waals surface area contributed by atoms with Gasteiger partial charge in [0.25, 0.3) is 0 Å². The third kappa shape index (κ3) is 2.05. The summed E-state index contributed by atoms with van der Waals surface area (Å²) in [6.45, 7) is 0.766. The average Bonchev–Trinajstić information content (AvgIpc) is 2.95. The summed E-state index contributed by atoms with van der Waals surface area (Å²) in [5.74, 6) is 1.50. The van der Waals surface area contributed by atoms with Gasteiger partial charge in [-0.2, -0.15) is 0 Å². The van der Waals surface area contributed by atoms with Gasteiger partial charge in [0.15, 0.2) is 5.96 Å². The molecule has 0 aliphatic heterocycles. The van der Waals surface area contributed by atoms with Gasteiger partial charge in [-0.05, 0) is 23.8 Å². The number of hydrogen-bond acceptors (Lipinski definition) is 1. The second-order valence-corrected chi connectivity index (χ2v) is 3.78. The molecule has 0 unspecified atom stereocenters. The van der Waals surface area contributed by atoms with E-state index in [0.29, 0.717) is 11.8 Å². The molecule has 0 radical (unpaired) electrons. The van der Waals surface area contributed by atoms with Gasteiger partial charge in [0, 0.05) is 6.54 Å². The molecule has 14 heavy (non-hydrogen) atoms. The molecule has 74 valence electrons. The van der Waals surface area contributed by atoms with Gasteiger partial charge in [-0.25, -0.2) is 0 Å². The van der Waals surface area contributed by atoms with Gasteiger partial charge in [-0.15, -0.1) is 0 Å². The summed E-state index contributed by atoms with van der Waals surface area (Å²) < 4.78 is 0. The molecule has 3 nitrogen and oxygen atoms in total. The standard InChI is InChI=1S/C11H15N3/c12-11(13)14-7-9-6-10(9)8-4-2-1-3-5-8/h1-5,9-10H,6-7H2,(H4,12,13,14)/t9-,10+/m1/s1. The van der Waals surface area contributed by atoms with Crippen molar-refractivity contribution < 1.29 is 0 Å². The van der Waals surface area contributed by atoms with E-state index in [9.17, 15) is 0 Å². The van der Waals surface area contributed by atoms with Crippen LogP contribution in [0.1, 0.15) is 17.9 Å². The molecule has 0 saturated heterocycles. The molecule has 0 amide bonds. The number of nitrogens with zero attached hydrogens (tertiary/aromatic N) is 1. The van der Waals surface area contributed by atoms with Crippen LogP contribution in [0.3, 0.4) is 0 Å². The van der Waals surface area contributed by atoms with Gasteiger partial charge >= 0.3 is 0 Å². The molecule has 1 saturated carbocycles. The highest BCUT2D eigenvalue weighted by molar-refractivity contribution is 5.75. The first-order chi connectivity index (χ1) is 6.77. The predicted octanol–water partition coefficient (Wildman–Crippen LogP) is 1.06. The molecule has 1 aromatic rings. The summed E-state index contributed by atoms with van der Waals surface area (Å²) in [6, 6.07) is 10.5. The van der Waals surface area contributed by atoms with E-state index in [4.69, 9.17) is 11.5 Å². The van der Waals surface area contributed by atoms with Gasteiger partial charge in [-0.3, -0.25) is 4.99 Å². The molecule has 0 aromatic heterocycles. The van der Waals surface area contributed by atoms with E-state index < -0.39 is 0 Å². The number of benzene rings is 1. The first-order valence-electron chi connectivity index (χ1n) is 4.87. The Bertz CT molecular complexity index is 328. The first-order valence-corrected chi connectivity index (χ1v) is 4.87. The van der Waals surface area contributed by atoms with Crippen molar-refractivity contribution in [2.75, 3.05) is 6.54 Å². The van der Waals surface area contributed by atoms with Crippen molar-refractivity contribution in [1.29, 1.82) is 0 Å². The summed E-state index contributed by atoms with van der Waals surface area (Å²) in [4.78, 5) is 4.03. The zero-order valence-corrected chi connectivity index (χ0v) is 8.06. The van der Waals surface area contributed by atoms with Gasteiger partial charge in [0.05, 0.1) is 0 Å². The summed E-state index contributed by atoms with van der Waals surface area (Å²) in [5.41, 5.74) is 12.0. The topological polar surface area (TPSA) is 64.4 Å². The van der Waals surface area contributed by atoms with Crippen LogP contribution in [-0.2, 0) is 0 Å². The Morgan fingerprint density at radius 2 is 2.00 bits per heavy atom. The van der Waals surface area contributed by atoms with Crippen LogP contribution in [0.25, 0.3) is 0 Å². The molecule has 3 heteroatoms. The summed E-state index contributed by atoms with van der Waals surface area (Å²) in [6.07, 6.45) is 1.21. The minimum atomic E-state index is 0.198. The summed E-state index contributed by atoms with van der Waals surface area (Å²) in [5, 5.41) is 0. The molecule has 1 aromatic carbocycles. The molecule has 0 heterocycles. The quantitative estimate of drug-likeness (QED) is 0.551. The molecule has 1 aliphatic carbocycles. The van der Waals surface area contributed by atoms with Crippen molar-refractivity contribution >= 4 is 5.96 Å². The smallest absolute Gasteiger partial charge is 0.185 e. The van der Waals surface area contributed by atoms with Crippen LogP contribution in [0.15, 0.2) is 35.3 Å². The number of rotatable bonds is 3. The van der Waals surface area contributed by atoms with E-state index in [-0.39, 0.29) is 5.96 Å². The van der Waals surface area contributed by atoms with E-state index in [1.807, 2.05) is 6.07 Å². The lowest BCUT2D eigenvalue weighted by molar-refractivity contribution is 0.808. The summed E-state index contributed by atoms with van der Waals surface area (Å²) in [7, 11) is 0. The van der Waals surface area contributed by atoms with Crippen LogP contribution in [0.2, 0.25) is 0 Å². The molecule has 2 atom stereocenters. The van der Waals surface area contributed by atoms with Crippen LogP contribution in [0.4, 0.5) is 0 Å². The first kappa shape index (κ1) is 9.06. The Kier molecular flexibility index (Phi) is 2.39. The molecule has 0 spiro atoms. The van der Waals surface area contributed by atoms with Gasteiger partial charge in [-0.1, -0.05) is 30.3 Å². The van der Waals surface area contributed by atoms with E-state index in [1.54, 1.807) is 0 Å². The third-order valence-corrected chi connectivity index (χ3v) is 2.66. The van der Waals surface area contributed by atoms with E-state index >= 15 is 0 Å². The van der Waals surface area contributed by atoms with E-state index in [1.165, 1.54) is 12.0 Å². The van der Waals surface area contributed by atoms with Gasteiger partial charge < -0.3 is 11.5 Å². The Hall–Kier alpha value is -1.51. The van der Waals surface area contributed by atoms with Gasteiger partial charge in [0.1, 0.15) is 0 Å². The molecule has 0 bridgehead atoms. The van der Waals surface area contributed by atoms with Crippen molar-refractivity contribution in [3.63, 3.8) is 0 Å². The highest BCUT2D eigenvalue weighted by Gasteiger charge is 2.37. The normalized spacial score (nSPS) is 24.3. The van der Waals surface area contributed by atoms with E-state index in [0.717, 1.165) is 6.54 Å². The summed E-state index contributed by atoms with van der Waals surface area (Å²) >= 11 is 0. The maximum atomic E-state index is 5.28. The predicted molar refractivity (Wildman–Crippen MR) is 58.0 cm³/mol. The second kappa shape index (κ2) is 3.70. The molecule has 1 aliphatic rings. The van der Waals surface area contributed by atoms with Crippen LogP contribution in [-0.4, -0.2) is 12.5 Å². The fraction of sp³-hybridized carbons (Fsp3) is 0.364. The molecular formula is C11H15N3. The van der Waals surface area contributed by atoms with Gasteiger partial charge in [0.2, 0.25) is 0 Å². The zero-order valence-electron chi connectivity index (χ0n) is 8.06. The second-order valence-electron chi connectivity index (χ2n) is 3.78. The number of guanidine groups is 1. The van der Waals surface area contributed by atoms with Crippen LogP contribution < -0.4 is 11.5 Å². The minimum absolute atomic E-state index is 0.198. The maximum absolute atomic E-state index is 5.28. The van der Waals surface area contributed by atoms with Crippen LogP contribution in [0, 0.1) is 5.92 Å². The van der Waals surface area contributed by atoms with Crippen LogP contribution >= 0.6 is 0 Å². The number of nitrogens with two attached hydrogens (primary N) is 2. The zero-order chi connectivity index (χ0) is 9.97. The monoisotopic (exact) mass is 189 g/mol. The van der Waals surface area contributed by atoms with E-state index in [2.05, 4.69) is 29.3 Å². The van der Waals surface area contributed by atoms with Crippen molar-refractivity contribution in [3.05, 3.63) is 35.9 Å². The lowest BCUT2D eigenvalue weighted by Crippen LogP contribution is -2.23. The largest absolute Gasteiger partial charge is 0.370 e. The third-order valence-electron chi connectivity index (χ3n) is 2.66. The fourth-order valence-electron chi connectivity index (χ4n) is 1.78. The Morgan fingerprint density at radius 3 is 2.64 bits per heavy atom. The van der Waals surface area contributed by atoms with Crippen molar-refractivity contribution in [2.24, 2.45) is 22.4 Å². The maximum Gasteiger partial charge on any atom is 0.185 e. The highest BCUT2D eigenvalue weighted by Crippen LogP contribution is 2.47. The highest BCUT2D eigenvalue weighted by atomic mass is 15.0. The fourth-order valence-corrected chi connectivity index (χ4v) is 1.78. The molecular weight excluding hydrogens is 174 g/mol. The molecule has 2 rings (SSSR count). The Morgan fingerprint density at radius 1 is 1.29 bits per heavy atom. The minimum Gasteiger partial charge on any atom is -0.370 e. The number of hydrogen-bond donors (Lipinski definition) is 2. The Labute approximate surface area is 83.8 Å². The molecule has 1 fully saturated rings. The van der Waals surface area contributed by atoms with Crippen molar-refractivity contribution in [1.82, 2.24) is 0 Å². The Balaban J connectivity index is 1.91. The lowest BCUT2D eigenvalue weighted by Gasteiger charge is -1.97. The van der Waals surface area contributed by atoms with Crippen LogP contribution in [0.5, 0.6) is 0 Å². The van der Waals surface area contributed by atoms with Crippen molar-refractivity contribution in [3.8, 4) is 0 Å². The number of aliphatic imine (C=N–C) groups is 1. The SMILES string of the molecule is NC(N)=NC[C@H]1C[C@H]1c1ccccc1. The van der Waals surface area contributed by atoms with Crippen molar-refractivity contribution in [2.45, 2.75) is 12.3 Å². The average molecular weight is 189 g/mol.